The third-order valence-corrected chi connectivity index (χ3v) is 4.71. The predicted octanol–water partition coefficient (Wildman–Crippen LogP) is 2.23. The number of halogens is 2. The van der Waals surface area contributed by atoms with Crippen molar-refractivity contribution < 1.29 is 9.53 Å². The van der Waals surface area contributed by atoms with Gasteiger partial charge >= 0.3 is 0 Å². The van der Waals surface area contributed by atoms with Crippen LogP contribution in [0.15, 0.2) is 0 Å². The maximum absolute atomic E-state index is 11.9. The van der Waals surface area contributed by atoms with E-state index >= 15 is 0 Å². The molecule has 0 aromatic rings. The number of hydrogen-bond acceptors (Lipinski definition) is 4. The Bertz CT molecular complexity index is 332. The van der Waals surface area contributed by atoms with Gasteiger partial charge in [0.2, 0.25) is 5.91 Å². The van der Waals surface area contributed by atoms with Gasteiger partial charge in [-0.15, -0.1) is 24.8 Å². The minimum atomic E-state index is 0. The van der Waals surface area contributed by atoms with Crippen molar-refractivity contribution in [3.63, 3.8) is 0 Å². The van der Waals surface area contributed by atoms with Gasteiger partial charge in [0.1, 0.15) is 0 Å². The van der Waals surface area contributed by atoms with E-state index < -0.39 is 0 Å². The molecule has 0 radical (unpaired) electrons. The topological polar surface area (TPSA) is 53.6 Å². The van der Waals surface area contributed by atoms with Crippen LogP contribution in [0.3, 0.4) is 0 Å². The van der Waals surface area contributed by atoms with E-state index in [0.717, 1.165) is 58.0 Å². The van der Waals surface area contributed by atoms with Crippen LogP contribution < -0.4 is 10.6 Å². The Labute approximate surface area is 159 Å². The van der Waals surface area contributed by atoms with Crippen LogP contribution in [0.4, 0.5) is 0 Å². The van der Waals surface area contributed by atoms with E-state index in [1.807, 2.05) is 0 Å². The largest absolute Gasteiger partial charge is 0.373 e. The molecule has 2 atom stereocenters. The predicted molar refractivity (Wildman–Crippen MR) is 103 cm³/mol. The monoisotopic (exact) mass is 383 g/mol. The van der Waals surface area contributed by atoms with E-state index in [-0.39, 0.29) is 30.7 Å². The molecular formula is C17H35Cl2N3O2. The highest BCUT2D eigenvalue weighted by Crippen LogP contribution is 2.17. The summed E-state index contributed by atoms with van der Waals surface area (Å²) < 4.78 is 5.73. The molecule has 24 heavy (non-hydrogen) atoms. The number of carbonyl (C=O) groups is 1. The van der Waals surface area contributed by atoms with Gasteiger partial charge in [-0.3, -0.25) is 9.69 Å². The van der Waals surface area contributed by atoms with E-state index in [1.165, 1.54) is 12.8 Å². The lowest BCUT2D eigenvalue weighted by Crippen LogP contribution is -2.46. The molecule has 0 aromatic carbocycles. The van der Waals surface area contributed by atoms with Crippen molar-refractivity contribution in [3.05, 3.63) is 0 Å². The molecule has 2 fully saturated rings. The van der Waals surface area contributed by atoms with Crippen LogP contribution in [0.25, 0.3) is 0 Å². The third-order valence-electron chi connectivity index (χ3n) is 4.71. The highest BCUT2D eigenvalue weighted by atomic mass is 35.5. The molecule has 0 spiro atoms. The van der Waals surface area contributed by atoms with Crippen molar-refractivity contribution in [3.8, 4) is 0 Å². The zero-order valence-electron chi connectivity index (χ0n) is 15.1. The molecule has 7 heteroatoms. The minimum absolute atomic E-state index is 0. The quantitative estimate of drug-likeness (QED) is 0.661. The molecular weight excluding hydrogens is 349 g/mol. The zero-order chi connectivity index (χ0) is 15.8. The van der Waals surface area contributed by atoms with Crippen LogP contribution in [0.5, 0.6) is 0 Å². The average molecular weight is 384 g/mol. The maximum atomic E-state index is 11.9. The molecule has 0 aliphatic carbocycles. The molecule has 2 rings (SSSR count). The van der Waals surface area contributed by atoms with E-state index in [1.54, 1.807) is 0 Å². The Morgan fingerprint density at radius 3 is 2.42 bits per heavy atom. The average Bonchev–Trinajstić information content (AvgIpc) is 2.50. The first-order valence-corrected chi connectivity index (χ1v) is 8.98. The second-order valence-electron chi connectivity index (χ2n) is 6.95. The summed E-state index contributed by atoms with van der Waals surface area (Å²) in [5.41, 5.74) is 0. The Morgan fingerprint density at radius 2 is 1.79 bits per heavy atom. The number of amides is 1. The summed E-state index contributed by atoms with van der Waals surface area (Å²) in [6.07, 6.45) is 5.86. The Hall–Kier alpha value is -0.0700. The van der Waals surface area contributed by atoms with Crippen LogP contribution in [-0.2, 0) is 9.53 Å². The number of nitrogens with one attached hydrogen (secondary N) is 2. The normalized spacial score (nSPS) is 25.4. The fraction of sp³-hybridized carbons (Fsp3) is 0.941. The van der Waals surface area contributed by atoms with Crippen LogP contribution in [0.1, 0.15) is 46.0 Å². The lowest BCUT2D eigenvalue weighted by molar-refractivity contribution is -0.121. The zero-order valence-corrected chi connectivity index (χ0v) is 16.7. The summed E-state index contributed by atoms with van der Waals surface area (Å²) in [7, 11) is 0. The van der Waals surface area contributed by atoms with Crippen LogP contribution in [-0.4, -0.2) is 62.3 Å². The molecule has 1 amide bonds. The molecule has 2 N–H and O–H groups in total. The number of rotatable bonds is 7. The summed E-state index contributed by atoms with van der Waals surface area (Å²) in [5.74, 6) is 0.963. The number of piperidine rings is 1. The summed E-state index contributed by atoms with van der Waals surface area (Å²) in [5, 5.41) is 6.44. The molecule has 2 aliphatic rings. The van der Waals surface area contributed by atoms with Crippen molar-refractivity contribution in [2.75, 3.05) is 39.3 Å². The highest BCUT2D eigenvalue weighted by Gasteiger charge is 2.21. The van der Waals surface area contributed by atoms with Gasteiger partial charge in [0, 0.05) is 32.6 Å². The van der Waals surface area contributed by atoms with Crippen molar-refractivity contribution >= 4 is 30.7 Å². The minimum Gasteiger partial charge on any atom is -0.373 e. The number of morpholine rings is 1. The molecule has 0 saturated carbocycles. The smallest absolute Gasteiger partial charge is 0.220 e. The number of ether oxygens (including phenoxy) is 1. The van der Waals surface area contributed by atoms with E-state index in [4.69, 9.17) is 4.74 Å². The Kier molecular flexibility index (Phi) is 13.1. The summed E-state index contributed by atoms with van der Waals surface area (Å²) in [4.78, 5) is 14.3. The van der Waals surface area contributed by atoms with E-state index in [9.17, 15) is 4.79 Å². The number of nitrogens with zero attached hydrogens (tertiary/aromatic N) is 1. The lowest BCUT2D eigenvalue weighted by Gasteiger charge is -2.35. The van der Waals surface area contributed by atoms with Crippen molar-refractivity contribution in [1.82, 2.24) is 15.5 Å². The van der Waals surface area contributed by atoms with Gasteiger partial charge in [-0.1, -0.05) is 0 Å². The van der Waals surface area contributed by atoms with Gasteiger partial charge < -0.3 is 15.4 Å². The molecule has 2 heterocycles. The Balaban J connectivity index is 0.00000264. The van der Waals surface area contributed by atoms with Gasteiger partial charge in [-0.2, -0.15) is 0 Å². The highest BCUT2D eigenvalue weighted by molar-refractivity contribution is 5.85. The maximum Gasteiger partial charge on any atom is 0.220 e. The van der Waals surface area contributed by atoms with Crippen molar-refractivity contribution in [2.24, 2.45) is 5.92 Å². The Morgan fingerprint density at radius 1 is 1.17 bits per heavy atom. The fourth-order valence-electron chi connectivity index (χ4n) is 3.59. The lowest BCUT2D eigenvalue weighted by atomic mass is 9.93. The summed E-state index contributed by atoms with van der Waals surface area (Å²) >= 11 is 0. The second-order valence-corrected chi connectivity index (χ2v) is 6.95. The second kappa shape index (κ2) is 13.2. The van der Waals surface area contributed by atoms with Crippen LogP contribution >= 0.6 is 24.8 Å². The molecule has 5 nitrogen and oxygen atoms in total. The molecule has 144 valence electrons. The summed E-state index contributed by atoms with van der Waals surface area (Å²) in [6.45, 7) is 10.3. The first-order chi connectivity index (χ1) is 10.6. The van der Waals surface area contributed by atoms with Gasteiger partial charge in [-0.05, 0) is 58.5 Å². The van der Waals surface area contributed by atoms with E-state index in [2.05, 4.69) is 29.4 Å². The number of hydrogen-bond donors (Lipinski definition) is 2. The molecule has 0 aromatic heterocycles. The molecule has 2 unspecified atom stereocenters. The van der Waals surface area contributed by atoms with Gasteiger partial charge in [-0.25, -0.2) is 0 Å². The van der Waals surface area contributed by atoms with Crippen LogP contribution in [0.2, 0.25) is 0 Å². The van der Waals surface area contributed by atoms with Gasteiger partial charge in [0.15, 0.2) is 0 Å². The van der Waals surface area contributed by atoms with Crippen LogP contribution in [0, 0.1) is 5.92 Å². The van der Waals surface area contributed by atoms with Gasteiger partial charge in [0.05, 0.1) is 12.2 Å². The standard InChI is InChI=1S/C17H33N3O2.2ClH/c1-14-12-20(13-15(2)22-14)11-3-8-19-17(21)5-4-16-6-9-18-10-7-16;;/h14-16,18H,3-13H2,1-2H3,(H,19,21);2*1H. The fourth-order valence-corrected chi connectivity index (χ4v) is 3.59. The first kappa shape index (κ1) is 23.9. The molecule has 2 aliphatic heterocycles. The third kappa shape index (κ3) is 9.42. The van der Waals surface area contributed by atoms with Crippen molar-refractivity contribution in [1.29, 1.82) is 0 Å². The molecule has 2 saturated heterocycles. The number of carbonyl (C=O) groups excluding carboxylic acids is 1. The van der Waals surface area contributed by atoms with E-state index in [0.29, 0.717) is 18.6 Å². The first-order valence-electron chi connectivity index (χ1n) is 8.98. The molecule has 0 bridgehead atoms. The van der Waals surface area contributed by atoms with Crippen molar-refractivity contribution in [2.45, 2.75) is 58.2 Å². The van der Waals surface area contributed by atoms with Gasteiger partial charge in [0.25, 0.3) is 0 Å². The SMILES string of the molecule is CC1CN(CCCNC(=O)CCC2CCNCC2)CC(C)O1.Cl.Cl. The summed E-state index contributed by atoms with van der Waals surface area (Å²) in [6, 6.07) is 0.